The van der Waals surface area contributed by atoms with E-state index < -0.39 is 20.3 Å². The Balaban J connectivity index is 1.27. The normalized spacial score (nSPS) is 29.3. The van der Waals surface area contributed by atoms with Crippen molar-refractivity contribution in [2.45, 2.75) is 17.7 Å². The van der Waals surface area contributed by atoms with E-state index in [1.165, 1.54) is 0 Å². The minimum absolute atomic E-state index is 0.0616. The third-order valence-corrected chi connectivity index (χ3v) is 7.72. The Morgan fingerprint density at radius 1 is 1.13 bits per heavy atom. The highest BCUT2D eigenvalue weighted by molar-refractivity contribution is 7.84. The molecule has 0 saturated carbocycles. The molecular formula is C21H21ClN4O4S. The molecule has 5 rings (SSSR count). The number of hydrogen-bond donors (Lipinski definition) is 1. The molecule has 0 bridgehead atoms. The highest BCUT2D eigenvalue weighted by Gasteiger charge is 2.41. The fraction of sp³-hybridized carbons (Fsp3) is 0.333. The van der Waals surface area contributed by atoms with Crippen molar-refractivity contribution < 1.29 is 18.3 Å². The first-order valence-electron chi connectivity index (χ1n) is 10.1. The van der Waals surface area contributed by atoms with Crippen LogP contribution in [0.1, 0.15) is 16.7 Å². The molecule has 1 N–H and O–H groups in total. The predicted molar refractivity (Wildman–Crippen MR) is 118 cm³/mol. The fourth-order valence-electron chi connectivity index (χ4n) is 4.44. The summed E-state index contributed by atoms with van der Waals surface area (Å²) in [5.74, 6) is 0.201. The van der Waals surface area contributed by atoms with Crippen LogP contribution >= 0.6 is 11.6 Å². The molecule has 2 aromatic carbocycles. The first-order valence-corrected chi connectivity index (χ1v) is 11.6. The van der Waals surface area contributed by atoms with Crippen LogP contribution in [0.25, 0.3) is 0 Å². The Morgan fingerprint density at radius 2 is 1.87 bits per heavy atom. The van der Waals surface area contributed by atoms with Crippen LogP contribution in [0.5, 0.6) is 0 Å². The highest BCUT2D eigenvalue weighted by atomic mass is 35.5. The minimum atomic E-state index is -1.56. The summed E-state index contributed by atoms with van der Waals surface area (Å²) in [4.78, 5) is 12.1. The zero-order valence-corrected chi connectivity index (χ0v) is 18.2. The summed E-state index contributed by atoms with van der Waals surface area (Å²) in [7, 11) is -1.56. The molecule has 3 aliphatic heterocycles. The summed E-state index contributed by atoms with van der Waals surface area (Å²) in [6.45, 7) is 0.781. The molecule has 3 aliphatic rings. The van der Waals surface area contributed by atoms with Crippen LogP contribution < -0.4 is 5.32 Å². The summed E-state index contributed by atoms with van der Waals surface area (Å²) in [5.41, 5.74) is 3.07. The number of amidine groups is 1. The molecule has 1 unspecified atom stereocenters. The van der Waals surface area contributed by atoms with Gasteiger partial charge in [0.1, 0.15) is 26.2 Å². The van der Waals surface area contributed by atoms with Crippen molar-refractivity contribution in [3.63, 3.8) is 0 Å². The lowest BCUT2D eigenvalue weighted by Gasteiger charge is -2.53. The van der Waals surface area contributed by atoms with Gasteiger partial charge in [0, 0.05) is 17.1 Å². The number of piperazine rings is 1. The van der Waals surface area contributed by atoms with Crippen LogP contribution in [0, 0.1) is 10.4 Å². The van der Waals surface area contributed by atoms with Crippen molar-refractivity contribution in [1.82, 2.24) is 0 Å². The van der Waals surface area contributed by atoms with Gasteiger partial charge in [0.05, 0.1) is 23.4 Å². The average molecular weight is 461 g/mol. The number of carbonyl (C=O) groups excluding carboxylic acids is 1. The maximum Gasteiger partial charge on any atom is 0.246 e. The Morgan fingerprint density at radius 3 is 2.65 bits per heavy atom. The number of carbonyl (C=O) groups is 1. The van der Waals surface area contributed by atoms with Crippen molar-refractivity contribution in [2.24, 2.45) is 4.40 Å². The van der Waals surface area contributed by atoms with Crippen LogP contribution in [0.4, 0.5) is 5.69 Å². The van der Waals surface area contributed by atoms with E-state index in [0.717, 1.165) is 16.8 Å². The Bertz CT molecular complexity index is 1140. The number of hydroxylamine groups is 6. The number of nitrogens with zero attached hydrogens (tertiary/aromatic N) is 3. The Hall–Kier alpha value is -2.14. The van der Waals surface area contributed by atoms with E-state index in [4.69, 9.17) is 11.6 Å². The Labute approximate surface area is 187 Å². The second-order valence-electron chi connectivity index (χ2n) is 8.30. The average Bonchev–Trinajstić information content (AvgIpc) is 3.28. The van der Waals surface area contributed by atoms with Gasteiger partial charge in [-0.1, -0.05) is 29.8 Å². The lowest BCUT2D eigenvalue weighted by Crippen LogP contribution is -2.64. The molecule has 31 heavy (non-hydrogen) atoms. The molecule has 0 aliphatic carbocycles. The first-order chi connectivity index (χ1) is 14.8. The number of nitrogens with one attached hydrogen (secondary N) is 1. The molecule has 10 heteroatoms. The molecule has 3 heterocycles. The molecule has 162 valence electrons. The lowest BCUT2D eigenvalue weighted by molar-refractivity contribution is -0.955. The van der Waals surface area contributed by atoms with Crippen molar-refractivity contribution >= 4 is 40.0 Å². The molecule has 2 aromatic rings. The van der Waals surface area contributed by atoms with Gasteiger partial charge in [-0.3, -0.25) is 4.79 Å². The maximum absolute atomic E-state index is 13.5. The zero-order valence-electron chi connectivity index (χ0n) is 16.7. The van der Waals surface area contributed by atoms with E-state index >= 15 is 0 Å². The number of quaternary nitrogens is 2. The molecule has 1 saturated heterocycles. The monoisotopic (exact) mass is 460 g/mol. The number of anilines is 1. The summed E-state index contributed by atoms with van der Waals surface area (Å²) >= 11 is 6.35. The van der Waals surface area contributed by atoms with Gasteiger partial charge >= 0.3 is 0 Å². The standard InChI is InChI=1S/C21H21ClN4O4S/c22-17-13-18-15(12-20(27)23-18)11-14(17)5-6-25(28)7-9-26(29,10-8-25)21-16-3-1-2-4-19(16)31(30)24-21/h1-4,11,13H,5-10,12H2,(H,23,27). The van der Waals surface area contributed by atoms with Crippen molar-refractivity contribution in [1.29, 1.82) is 0 Å². The molecule has 1 fully saturated rings. The predicted octanol–water partition coefficient (Wildman–Crippen LogP) is 2.50. The van der Waals surface area contributed by atoms with E-state index in [9.17, 15) is 19.4 Å². The van der Waals surface area contributed by atoms with Crippen LogP contribution in [0.3, 0.4) is 0 Å². The Kier molecular flexibility index (Phi) is 5.00. The van der Waals surface area contributed by atoms with Crippen molar-refractivity contribution in [3.05, 3.63) is 68.5 Å². The highest BCUT2D eigenvalue weighted by Crippen LogP contribution is 2.32. The van der Waals surface area contributed by atoms with Gasteiger partial charge in [0.2, 0.25) is 11.7 Å². The fourth-order valence-corrected chi connectivity index (χ4v) is 5.74. The number of amides is 1. The van der Waals surface area contributed by atoms with E-state index in [-0.39, 0.29) is 37.9 Å². The van der Waals surface area contributed by atoms with Gasteiger partial charge in [-0.15, -0.1) is 4.40 Å². The number of hydrogen-bond acceptors (Lipinski definition) is 4. The maximum atomic E-state index is 13.5. The summed E-state index contributed by atoms with van der Waals surface area (Å²) < 4.78 is 15.2. The molecule has 0 spiro atoms. The SMILES string of the molecule is O=C1Cc2cc(CC[N+]3([O-])CC[N+]([O-])(C4=NS(=O)c5ccccc54)CC3)c(Cl)cc2N1. The van der Waals surface area contributed by atoms with E-state index in [1.54, 1.807) is 30.3 Å². The third kappa shape index (κ3) is 3.71. The van der Waals surface area contributed by atoms with E-state index in [0.29, 0.717) is 34.9 Å². The van der Waals surface area contributed by atoms with Gasteiger partial charge in [0.25, 0.3) is 0 Å². The van der Waals surface area contributed by atoms with E-state index in [1.807, 2.05) is 6.07 Å². The number of fused-ring (bicyclic) bond motifs is 2. The van der Waals surface area contributed by atoms with Crippen LogP contribution in [0.15, 0.2) is 45.7 Å². The zero-order chi connectivity index (χ0) is 21.8. The summed E-state index contributed by atoms with van der Waals surface area (Å²) in [6.07, 6.45) is 0.786. The van der Waals surface area contributed by atoms with Crippen LogP contribution in [-0.4, -0.2) is 58.0 Å². The largest absolute Gasteiger partial charge is 0.632 e. The van der Waals surface area contributed by atoms with Gasteiger partial charge in [-0.25, -0.2) is 4.21 Å². The summed E-state index contributed by atoms with van der Waals surface area (Å²) in [6, 6.07) is 10.7. The van der Waals surface area contributed by atoms with Crippen molar-refractivity contribution in [3.8, 4) is 0 Å². The molecule has 0 aromatic heterocycles. The van der Waals surface area contributed by atoms with Crippen molar-refractivity contribution in [2.75, 3.05) is 38.0 Å². The van der Waals surface area contributed by atoms with Crippen LogP contribution in [-0.2, 0) is 28.6 Å². The molecule has 0 radical (unpaired) electrons. The summed E-state index contributed by atoms with van der Waals surface area (Å²) in [5, 5.41) is 30.0. The molecule has 8 nitrogen and oxygen atoms in total. The quantitative estimate of drug-likeness (QED) is 0.561. The topological polar surface area (TPSA) is 105 Å². The van der Waals surface area contributed by atoms with E-state index in [2.05, 4.69) is 9.71 Å². The molecule has 1 amide bonds. The van der Waals surface area contributed by atoms with Gasteiger partial charge < -0.3 is 25.0 Å². The second-order valence-corrected chi connectivity index (χ2v) is 9.83. The van der Waals surface area contributed by atoms with Gasteiger partial charge in [-0.2, -0.15) is 0 Å². The third-order valence-electron chi connectivity index (χ3n) is 6.29. The first kappa shape index (κ1) is 20.7. The molecule has 1 atom stereocenters. The lowest BCUT2D eigenvalue weighted by atomic mass is 10.0. The van der Waals surface area contributed by atoms with Gasteiger partial charge in [-0.05, 0) is 29.3 Å². The minimum Gasteiger partial charge on any atom is -0.632 e. The second kappa shape index (κ2) is 7.47. The molecular weight excluding hydrogens is 440 g/mol. The smallest absolute Gasteiger partial charge is 0.246 e. The van der Waals surface area contributed by atoms with Gasteiger partial charge in [0.15, 0.2) is 11.0 Å². The number of benzene rings is 2. The number of halogens is 1. The number of rotatable bonds is 3. The van der Waals surface area contributed by atoms with Crippen LogP contribution in [0.2, 0.25) is 5.02 Å².